The van der Waals surface area contributed by atoms with Crippen molar-refractivity contribution in [1.29, 1.82) is 0 Å². The number of nitrogens with zero attached hydrogens (tertiary/aromatic N) is 5. The number of carbonyl (C=O) groups is 2. The second kappa shape index (κ2) is 24.2. The molecule has 8 aliphatic carbocycles. The minimum atomic E-state index is -3.18. The smallest absolute Gasteiger partial charge is 0.410 e. The van der Waals surface area contributed by atoms with E-state index in [9.17, 15) is 18.0 Å². The molecule has 0 aromatic heterocycles. The van der Waals surface area contributed by atoms with E-state index in [0.717, 1.165) is 107 Å². The minimum absolute atomic E-state index is 0.0537. The van der Waals surface area contributed by atoms with Crippen LogP contribution in [0, 0.1) is 81.8 Å². The first-order chi connectivity index (χ1) is 42.1. The van der Waals surface area contributed by atoms with Crippen molar-refractivity contribution in [3.05, 3.63) is 105 Å². The van der Waals surface area contributed by atoms with Crippen LogP contribution in [0.25, 0.3) is 10.4 Å². The van der Waals surface area contributed by atoms with E-state index in [4.69, 9.17) is 24.5 Å². The number of likely N-dealkylation sites (tertiary alicyclic amines) is 2. The summed E-state index contributed by atoms with van der Waals surface area (Å²) in [5.41, 5.74) is 17.8. The molecule has 0 bridgehead atoms. The van der Waals surface area contributed by atoms with E-state index in [-0.39, 0.29) is 71.6 Å². The topological polar surface area (TPSA) is 172 Å². The maximum absolute atomic E-state index is 13.6. The first kappa shape index (κ1) is 62.4. The summed E-state index contributed by atoms with van der Waals surface area (Å²) >= 11 is 0. The van der Waals surface area contributed by atoms with Gasteiger partial charge in [0.25, 0.3) is 0 Å². The Labute approximate surface area is 526 Å². The standard InChI is InChI=1S/C37H54N2O5S.C36H50N4O3/c1-23-17-33-34(39(21-23)35(40)43-22-26-9-7-6-8-10-26)25(3)37(44-33)16-14-29-30-12-11-27-18-28(38-45(5,41)42)13-15-36(27,4)32(30)19-31(29)24(2)20-37;1-22-16-32-33(40(20-22)34(41)42-21-25-8-6-5-7-9-25)24(3)36(43-32)15-13-28-29-11-10-26-17-27(38-39-37)12-14-35(26,4)31(29)18-30(28)23(2)19-36/h6-10,23,25,27-30,32-34,38H,11-22H2,1-5H3;5-9,22,24,26-29,31-33H,10-21H2,1-4H3/t23-,25+,27+,28+,29-,30-,32-,33+,34-,36-,37-;22-,24+,26+,27+,28-,29-,31-,32+,33-,35-,36-/m00/s1. The molecule has 480 valence electrons. The number of nitrogens with one attached hydrogen (secondary N) is 1. The van der Waals surface area contributed by atoms with Gasteiger partial charge < -0.3 is 28.7 Å². The Bertz CT molecular complexity index is 3150. The second-order valence-corrected chi connectivity index (χ2v) is 33.6. The van der Waals surface area contributed by atoms with E-state index in [1.165, 1.54) is 69.6 Å². The number of carbonyl (C=O) groups excluding carboxylic acids is 2. The Kier molecular flexibility index (Phi) is 17.2. The van der Waals surface area contributed by atoms with Crippen molar-refractivity contribution in [3.8, 4) is 0 Å². The zero-order valence-corrected chi connectivity index (χ0v) is 55.4. The highest BCUT2D eigenvalue weighted by molar-refractivity contribution is 7.88. The van der Waals surface area contributed by atoms with Gasteiger partial charge in [0.05, 0.1) is 41.7 Å². The van der Waals surface area contributed by atoms with E-state index >= 15 is 0 Å². The molecule has 1 N–H and O–H groups in total. The Morgan fingerprint density at radius 1 is 0.636 bits per heavy atom. The molecule has 88 heavy (non-hydrogen) atoms. The Hall–Kier alpha value is -4.40. The minimum Gasteiger partial charge on any atom is -0.445 e. The summed E-state index contributed by atoms with van der Waals surface area (Å²) in [5.74, 6) is 6.78. The summed E-state index contributed by atoms with van der Waals surface area (Å²) in [7, 11) is -3.18. The van der Waals surface area contributed by atoms with Crippen LogP contribution in [0.2, 0.25) is 0 Å². The van der Waals surface area contributed by atoms with Gasteiger partial charge >= 0.3 is 12.2 Å². The number of benzene rings is 2. The van der Waals surface area contributed by atoms with Crippen molar-refractivity contribution in [1.82, 2.24) is 14.5 Å². The lowest BCUT2D eigenvalue weighted by molar-refractivity contribution is -0.0803. The zero-order chi connectivity index (χ0) is 61.7. The van der Waals surface area contributed by atoms with Crippen LogP contribution in [0.4, 0.5) is 9.59 Å². The highest BCUT2D eigenvalue weighted by Crippen LogP contribution is 2.68. The van der Waals surface area contributed by atoms with Gasteiger partial charge in [-0.15, -0.1) is 0 Å². The van der Waals surface area contributed by atoms with Gasteiger partial charge in [-0.05, 0) is 229 Å². The summed E-state index contributed by atoms with van der Waals surface area (Å²) in [5, 5.41) is 4.14. The number of azide groups is 1. The first-order valence-electron chi connectivity index (χ1n) is 34.8. The van der Waals surface area contributed by atoms with E-state index in [1.807, 2.05) is 70.5 Å². The summed E-state index contributed by atoms with van der Waals surface area (Å²) in [6.07, 6.45) is 23.4. The molecule has 2 amide bonds. The third-order valence-electron chi connectivity index (χ3n) is 27.0. The number of ether oxygens (including phenoxy) is 4. The van der Waals surface area contributed by atoms with Gasteiger partial charge in [0.15, 0.2) is 0 Å². The average Bonchev–Trinajstić information content (AvgIpc) is 1.66. The van der Waals surface area contributed by atoms with E-state index in [2.05, 4.69) is 70.1 Å². The van der Waals surface area contributed by atoms with Gasteiger partial charge in [-0.3, -0.25) is 0 Å². The molecule has 4 aliphatic heterocycles. The number of hydrogen-bond acceptors (Lipinski definition) is 9. The van der Waals surface area contributed by atoms with Gasteiger partial charge in [-0.2, -0.15) is 0 Å². The van der Waals surface area contributed by atoms with Crippen LogP contribution >= 0.6 is 0 Å². The molecule has 4 saturated heterocycles. The monoisotopic (exact) mass is 1220 g/mol. The normalized spacial score (nSPS) is 43.2. The molecule has 14 nitrogen and oxygen atoms in total. The van der Waals surface area contributed by atoms with E-state index in [0.29, 0.717) is 71.4 Å². The predicted octanol–water partition coefficient (Wildman–Crippen LogP) is 15.9. The van der Waals surface area contributed by atoms with Crippen LogP contribution in [-0.2, 0) is 42.2 Å². The number of fused-ring (bicyclic) bond motifs is 12. The largest absolute Gasteiger partial charge is 0.445 e. The maximum atomic E-state index is 13.6. The summed E-state index contributed by atoms with van der Waals surface area (Å²) in [4.78, 5) is 34.3. The zero-order valence-electron chi connectivity index (χ0n) is 54.5. The number of allylic oxidation sites excluding steroid dienone is 2. The van der Waals surface area contributed by atoms with Crippen LogP contribution < -0.4 is 4.72 Å². The molecular weight excluding hydrogens is 1120 g/mol. The first-order valence-corrected chi connectivity index (χ1v) is 36.7. The van der Waals surface area contributed by atoms with Crippen LogP contribution in [0.15, 0.2) is 88.1 Å². The second-order valence-electron chi connectivity index (χ2n) is 31.8. The van der Waals surface area contributed by atoms with Crippen LogP contribution in [0.1, 0.15) is 195 Å². The highest BCUT2D eigenvalue weighted by Gasteiger charge is 2.63. The Balaban J connectivity index is 0.000000162. The molecule has 15 heteroatoms. The third kappa shape index (κ3) is 11.4. The molecule has 12 aliphatic rings. The summed E-state index contributed by atoms with van der Waals surface area (Å²) in [6, 6.07) is 20.3. The Morgan fingerprint density at radius 3 is 1.55 bits per heavy atom. The van der Waals surface area contributed by atoms with Crippen molar-refractivity contribution in [2.75, 3.05) is 19.3 Å². The highest BCUT2D eigenvalue weighted by atomic mass is 32.2. The van der Waals surface area contributed by atoms with Crippen molar-refractivity contribution in [2.45, 2.75) is 245 Å². The molecule has 2 aromatic carbocycles. The van der Waals surface area contributed by atoms with Gasteiger partial charge in [-0.25, -0.2) is 22.7 Å². The predicted molar refractivity (Wildman–Crippen MR) is 343 cm³/mol. The Morgan fingerprint density at radius 2 is 1.09 bits per heavy atom. The number of amides is 2. The number of sulfonamides is 1. The van der Waals surface area contributed by atoms with Crippen molar-refractivity contribution in [3.63, 3.8) is 0 Å². The van der Waals surface area contributed by atoms with Gasteiger partial charge in [-0.1, -0.05) is 130 Å². The lowest BCUT2D eigenvalue weighted by Gasteiger charge is -2.54. The lowest BCUT2D eigenvalue weighted by Crippen LogP contribution is -2.54. The van der Waals surface area contributed by atoms with Crippen LogP contribution in [0.3, 0.4) is 0 Å². The summed E-state index contributed by atoms with van der Waals surface area (Å²) < 4.78 is 53.0. The van der Waals surface area contributed by atoms with Gasteiger partial charge in [0.2, 0.25) is 10.0 Å². The van der Waals surface area contributed by atoms with Crippen molar-refractivity contribution >= 4 is 22.2 Å². The van der Waals surface area contributed by atoms with Crippen LogP contribution in [-0.4, -0.2) is 97.3 Å². The maximum Gasteiger partial charge on any atom is 0.410 e. The summed E-state index contributed by atoms with van der Waals surface area (Å²) in [6.45, 7) is 21.1. The number of rotatable bonds is 7. The fraction of sp³-hybridized carbons (Fsp3) is 0.753. The number of hydrogen-bond donors (Lipinski definition) is 1. The molecule has 6 saturated carbocycles. The lowest BCUT2D eigenvalue weighted by atomic mass is 9.52. The molecule has 14 rings (SSSR count). The van der Waals surface area contributed by atoms with E-state index < -0.39 is 10.0 Å². The van der Waals surface area contributed by atoms with E-state index in [1.54, 1.807) is 16.7 Å². The van der Waals surface area contributed by atoms with Gasteiger partial charge in [0.1, 0.15) is 13.2 Å². The average molecular weight is 1230 g/mol. The van der Waals surface area contributed by atoms with Crippen molar-refractivity contribution in [2.24, 2.45) is 87.0 Å². The molecule has 0 unspecified atom stereocenters. The van der Waals surface area contributed by atoms with Crippen molar-refractivity contribution < 1.29 is 37.0 Å². The SMILES string of the molecule is CC1=C2C[C@H]3[C@@H](CC[C@@H]4C[C@H](N=[N+]=[N-])CC[C@@]43C)[C@@H]2CC[C@@]2(C1)O[C@@H]1C[C@H](C)CN(C(=O)OCc3ccccc3)[C@H]1[C@H]2C.CC1=C2C[C@H]3[C@@H](CC[C@@H]4C[C@H](NS(C)(=O)=O)CC[C@@]43C)[C@@H]2CC[C@@]2(C1)O[C@@H]1C[C@H](C)CN(C(=O)OCc3ccccc3)[C@H]1[C@H]2C. The molecular formula is C73H104N6O8S. The number of piperidine rings is 2. The molecule has 2 aromatic rings. The third-order valence-corrected chi connectivity index (χ3v) is 27.7. The van der Waals surface area contributed by atoms with Crippen LogP contribution in [0.5, 0.6) is 0 Å². The molecule has 4 heterocycles. The molecule has 22 atom stereocenters. The molecule has 0 radical (unpaired) electrons. The van der Waals surface area contributed by atoms with Gasteiger partial charge in [0, 0.05) is 41.9 Å². The molecule has 2 spiro atoms. The fourth-order valence-electron chi connectivity index (χ4n) is 22.7. The quantitative estimate of drug-likeness (QED) is 0.123. The fourth-order valence-corrected chi connectivity index (χ4v) is 23.5. The molecule has 10 fully saturated rings.